The second-order valence-corrected chi connectivity index (χ2v) is 3.68. The number of benzene rings is 2. The zero-order valence-electron chi connectivity index (χ0n) is 9.16. The molecule has 0 amide bonds. The first kappa shape index (κ1) is 11.7. The molecule has 3 heteroatoms. The van der Waals surface area contributed by atoms with Gasteiger partial charge in [-0.1, -0.05) is 36.4 Å². The number of hydrogen-bond donors (Lipinski definition) is 1. The van der Waals surface area contributed by atoms with Crippen molar-refractivity contribution in [3.05, 3.63) is 77.8 Å². The topological polar surface area (TPSA) is 12.0 Å². The van der Waals surface area contributed by atoms with E-state index in [0.717, 1.165) is 11.6 Å². The molecule has 0 bridgehead atoms. The smallest absolute Gasteiger partial charge is 0.159 e. The van der Waals surface area contributed by atoms with Crippen molar-refractivity contribution in [1.82, 2.24) is 5.32 Å². The van der Waals surface area contributed by atoms with E-state index in [4.69, 9.17) is 0 Å². The molecule has 0 heterocycles. The average Bonchev–Trinajstić information content (AvgIpc) is 2.35. The van der Waals surface area contributed by atoms with Crippen molar-refractivity contribution in [1.29, 1.82) is 0 Å². The van der Waals surface area contributed by atoms with Gasteiger partial charge in [0.1, 0.15) is 0 Å². The summed E-state index contributed by atoms with van der Waals surface area (Å²) in [6.45, 7) is 2.30. The average molecular weight is 232 g/mol. The van der Waals surface area contributed by atoms with E-state index in [0.29, 0.717) is 12.1 Å². The molecule has 0 atom stereocenters. The Bertz CT molecular complexity index is 483. The molecule has 0 unspecified atom stereocenters. The lowest BCUT2D eigenvalue weighted by atomic mass is 10.2. The van der Waals surface area contributed by atoms with E-state index >= 15 is 0 Å². The molecule has 0 spiro atoms. The number of hydrogen-bond acceptors (Lipinski definition) is 1. The molecule has 0 aliphatic carbocycles. The summed E-state index contributed by atoms with van der Waals surface area (Å²) in [7, 11) is 0. The number of rotatable bonds is 4. The second-order valence-electron chi connectivity index (χ2n) is 3.68. The summed E-state index contributed by atoms with van der Waals surface area (Å²) >= 11 is 0. The van der Waals surface area contributed by atoms with Gasteiger partial charge in [0.25, 0.3) is 0 Å². The normalized spacial score (nSPS) is 10.5. The van der Waals surface area contributed by atoms with Crippen LogP contribution in [0, 0.1) is 18.2 Å². The minimum Gasteiger partial charge on any atom is -0.304 e. The lowest BCUT2D eigenvalue weighted by Gasteiger charge is -2.04. The predicted molar refractivity (Wildman–Crippen MR) is 63.0 cm³/mol. The largest absolute Gasteiger partial charge is 0.304 e. The van der Waals surface area contributed by atoms with Gasteiger partial charge in [0, 0.05) is 6.54 Å². The molecule has 0 aliphatic rings. The molecule has 1 N–H and O–H groups in total. The Morgan fingerprint density at radius 1 is 0.941 bits per heavy atom. The van der Waals surface area contributed by atoms with Crippen molar-refractivity contribution in [3.63, 3.8) is 0 Å². The van der Waals surface area contributed by atoms with Gasteiger partial charge in [0.05, 0.1) is 6.54 Å². The molecule has 0 aromatic heterocycles. The minimum atomic E-state index is -0.819. The summed E-state index contributed by atoms with van der Waals surface area (Å²) in [5.74, 6) is -1.63. The SMILES string of the molecule is Fc1ccc(CN[CH]c2ccccc2)cc1F. The van der Waals surface area contributed by atoms with E-state index in [2.05, 4.69) is 5.32 Å². The van der Waals surface area contributed by atoms with Crippen LogP contribution in [-0.2, 0) is 6.54 Å². The zero-order valence-corrected chi connectivity index (χ0v) is 9.16. The van der Waals surface area contributed by atoms with Crippen LogP contribution in [0.25, 0.3) is 0 Å². The third-order valence-corrected chi connectivity index (χ3v) is 2.36. The second kappa shape index (κ2) is 5.55. The van der Waals surface area contributed by atoms with Gasteiger partial charge >= 0.3 is 0 Å². The van der Waals surface area contributed by atoms with E-state index in [1.165, 1.54) is 6.07 Å². The van der Waals surface area contributed by atoms with Crippen molar-refractivity contribution in [2.75, 3.05) is 0 Å². The van der Waals surface area contributed by atoms with Crippen LogP contribution < -0.4 is 5.32 Å². The predicted octanol–water partition coefficient (Wildman–Crippen LogP) is 3.26. The van der Waals surface area contributed by atoms with E-state index in [1.807, 2.05) is 36.9 Å². The van der Waals surface area contributed by atoms with E-state index < -0.39 is 11.6 Å². The van der Waals surface area contributed by atoms with Gasteiger partial charge in [-0.3, -0.25) is 0 Å². The zero-order chi connectivity index (χ0) is 12.1. The molecule has 2 aromatic carbocycles. The standard InChI is InChI=1S/C14H12F2N/c15-13-7-6-12(8-14(13)16)10-17-9-11-4-2-1-3-5-11/h1-9,17H,10H2. The van der Waals surface area contributed by atoms with Crippen molar-refractivity contribution >= 4 is 0 Å². The summed E-state index contributed by atoms with van der Waals surface area (Å²) in [5.41, 5.74) is 1.74. The molecule has 1 radical (unpaired) electrons. The van der Waals surface area contributed by atoms with Crippen LogP contribution in [0.3, 0.4) is 0 Å². The summed E-state index contributed by atoms with van der Waals surface area (Å²) in [4.78, 5) is 0. The maximum Gasteiger partial charge on any atom is 0.159 e. The molecule has 0 saturated heterocycles. The van der Waals surface area contributed by atoms with E-state index in [-0.39, 0.29) is 0 Å². The third kappa shape index (κ3) is 3.36. The van der Waals surface area contributed by atoms with Crippen LogP contribution in [0.2, 0.25) is 0 Å². The van der Waals surface area contributed by atoms with Crippen LogP contribution in [-0.4, -0.2) is 0 Å². The van der Waals surface area contributed by atoms with Gasteiger partial charge in [-0.05, 0) is 23.3 Å². The van der Waals surface area contributed by atoms with Crippen molar-refractivity contribution in [3.8, 4) is 0 Å². The van der Waals surface area contributed by atoms with Crippen LogP contribution in [0.4, 0.5) is 8.78 Å². The highest BCUT2D eigenvalue weighted by Gasteiger charge is 2.02. The van der Waals surface area contributed by atoms with Crippen LogP contribution in [0.1, 0.15) is 11.1 Å². The first-order valence-corrected chi connectivity index (χ1v) is 5.31. The number of halogens is 2. The fourth-order valence-electron chi connectivity index (χ4n) is 1.49. The Balaban J connectivity index is 1.88. The molecule has 2 rings (SSSR count). The van der Waals surface area contributed by atoms with Gasteiger partial charge in [-0.25, -0.2) is 8.78 Å². The molecule has 0 aliphatic heterocycles. The summed E-state index contributed by atoms with van der Waals surface area (Å²) < 4.78 is 25.6. The Hall–Kier alpha value is -1.74. The fourth-order valence-corrected chi connectivity index (χ4v) is 1.49. The maximum absolute atomic E-state index is 12.9. The van der Waals surface area contributed by atoms with E-state index in [9.17, 15) is 8.78 Å². The highest BCUT2D eigenvalue weighted by molar-refractivity contribution is 5.23. The molecule has 2 aromatic rings. The summed E-state index contributed by atoms with van der Waals surface area (Å²) in [6.07, 6.45) is 0. The van der Waals surface area contributed by atoms with E-state index in [1.54, 1.807) is 6.07 Å². The van der Waals surface area contributed by atoms with Crippen molar-refractivity contribution < 1.29 is 8.78 Å². The summed E-state index contributed by atoms with van der Waals surface area (Å²) in [5, 5.41) is 3.05. The molecule has 87 valence electrons. The van der Waals surface area contributed by atoms with Gasteiger partial charge in [0.2, 0.25) is 0 Å². The first-order valence-electron chi connectivity index (χ1n) is 5.31. The molecule has 0 fully saturated rings. The van der Waals surface area contributed by atoms with Crippen molar-refractivity contribution in [2.24, 2.45) is 0 Å². The first-order chi connectivity index (χ1) is 8.25. The molecule has 17 heavy (non-hydrogen) atoms. The van der Waals surface area contributed by atoms with Crippen molar-refractivity contribution in [2.45, 2.75) is 6.54 Å². The lowest BCUT2D eigenvalue weighted by Crippen LogP contribution is -2.10. The fraction of sp³-hybridized carbons (Fsp3) is 0.0714. The lowest BCUT2D eigenvalue weighted by molar-refractivity contribution is 0.506. The molecular formula is C14H12F2N. The Morgan fingerprint density at radius 3 is 2.41 bits per heavy atom. The van der Waals surface area contributed by atoms with Crippen LogP contribution in [0.5, 0.6) is 0 Å². The highest BCUT2D eigenvalue weighted by Crippen LogP contribution is 2.09. The Kier molecular flexibility index (Phi) is 3.83. The van der Waals surface area contributed by atoms with Gasteiger partial charge in [-0.2, -0.15) is 0 Å². The molecule has 0 saturated carbocycles. The maximum atomic E-state index is 12.9. The van der Waals surface area contributed by atoms with Crippen LogP contribution >= 0.6 is 0 Å². The van der Waals surface area contributed by atoms with Gasteiger partial charge in [0.15, 0.2) is 11.6 Å². The minimum absolute atomic E-state index is 0.464. The quantitative estimate of drug-likeness (QED) is 0.853. The molecular weight excluding hydrogens is 220 g/mol. The third-order valence-electron chi connectivity index (χ3n) is 2.36. The van der Waals surface area contributed by atoms with Gasteiger partial charge < -0.3 is 5.32 Å². The Labute approximate surface area is 99.1 Å². The van der Waals surface area contributed by atoms with Gasteiger partial charge in [-0.15, -0.1) is 0 Å². The Morgan fingerprint density at radius 2 is 1.71 bits per heavy atom. The summed E-state index contributed by atoms with van der Waals surface area (Å²) in [6, 6.07) is 13.6. The number of nitrogens with one attached hydrogen (secondary N) is 1. The van der Waals surface area contributed by atoms with Crippen LogP contribution in [0.15, 0.2) is 48.5 Å². The molecule has 1 nitrogen and oxygen atoms in total. The highest BCUT2D eigenvalue weighted by atomic mass is 19.2. The monoisotopic (exact) mass is 232 g/mol.